The van der Waals surface area contributed by atoms with E-state index in [1.165, 1.54) is 37.0 Å². The zero-order valence-electron chi connectivity index (χ0n) is 10.1. The van der Waals surface area contributed by atoms with Crippen LogP contribution in [0.25, 0.3) is 11.1 Å². The van der Waals surface area contributed by atoms with Crippen LogP contribution in [0.3, 0.4) is 0 Å². The molecular weight excluding hydrogens is 227 g/mol. The molecule has 2 aromatic carbocycles. The largest absolute Gasteiger partial charge is 0.507 e. The Morgan fingerprint density at radius 3 is 2.44 bits per heavy atom. The highest BCUT2D eigenvalue weighted by atomic mass is 19.1. The summed E-state index contributed by atoms with van der Waals surface area (Å²) >= 11 is 0. The van der Waals surface area contributed by atoms with Crippen molar-refractivity contribution in [2.75, 3.05) is 0 Å². The van der Waals surface area contributed by atoms with Crippen LogP contribution in [0.1, 0.15) is 30.7 Å². The number of rotatable bonds is 2. The third-order valence-corrected chi connectivity index (χ3v) is 3.76. The van der Waals surface area contributed by atoms with Gasteiger partial charge in [-0.15, -0.1) is 0 Å². The van der Waals surface area contributed by atoms with E-state index in [1.54, 1.807) is 6.07 Å². The molecule has 1 N–H and O–H groups in total. The van der Waals surface area contributed by atoms with E-state index < -0.39 is 5.82 Å². The predicted octanol–water partition coefficient (Wildman–Crippen LogP) is 4.47. The smallest absolute Gasteiger partial charge is 0.126 e. The molecule has 0 heterocycles. The van der Waals surface area contributed by atoms with Gasteiger partial charge < -0.3 is 5.11 Å². The number of phenolic OH excluding ortho intramolecular Hbond substituents is 1. The van der Waals surface area contributed by atoms with Crippen LogP contribution in [0.5, 0.6) is 5.75 Å². The van der Waals surface area contributed by atoms with Crippen molar-refractivity contribution < 1.29 is 9.50 Å². The van der Waals surface area contributed by atoms with E-state index in [4.69, 9.17) is 0 Å². The molecule has 0 unspecified atom stereocenters. The Morgan fingerprint density at radius 2 is 1.78 bits per heavy atom. The monoisotopic (exact) mass is 242 g/mol. The Balaban J connectivity index is 2.10. The molecule has 0 saturated heterocycles. The maximum atomic E-state index is 13.0. The third kappa shape index (κ3) is 1.88. The molecule has 0 atom stereocenters. The van der Waals surface area contributed by atoms with Crippen molar-refractivity contribution in [3.63, 3.8) is 0 Å². The Hall–Kier alpha value is -1.83. The minimum Gasteiger partial charge on any atom is -0.507 e. The van der Waals surface area contributed by atoms with Crippen molar-refractivity contribution in [1.29, 1.82) is 0 Å². The van der Waals surface area contributed by atoms with Crippen molar-refractivity contribution in [2.45, 2.75) is 25.2 Å². The van der Waals surface area contributed by atoms with Gasteiger partial charge in [-0.25, -0.2) is 4.39 Å². The number of benzene rings is 2. The van der Waals surface area contributed by atoms with Crippen LogP contribution in [0.15, 0.2) is 42.5 Å². The van der Waals surface area contributed by atoms with Crippen LogP contribution >= 0.6 is 0 Å². The van der Waals surface area contributed by atoms with Gasteiger partial charge in [0.05, 0.1) is 0 Å². The van der Waals surface area contributed by atoms with Crippen LogP contribution in [0, 0.1) is 5.82 Å². The summed E-state index contributed by atoms with van der Waals surface area (Å²) in [6, 6.07) is 12.3. The highest BCUT2D eigenvalue weighted by molar-refractivity contribution is 5.73. The van der Waals surface area contributed by atoms with Crippen LogP contribution in [0.4, 0.5) is 4.39 Å². The summed E-state index contributed by atoms with van der Waals surface area (Å²) in [5, 5.41) is 9.90. The Labute approximate surface area is 106 Å². The molecule has 2 aromatic rings. The summed E-state index contributed by atoms with van der Waals surface area (Å²) in [5.74, 6) is 0.199. The highest BCUT2D eigenvalue weighted by Gasteiger charge is 2.23. The fourth-order valence-electron chi connectivity index (χ4n) is 2.55. The van der Waals surface area contributed by atoms with Gasteiger partial charge in [-0.2, -0.15) is 0 Å². The molecule has 0 radical (unpaired) electrons. The normalized spacial score (nSPS) is 15.4. The fourth-order valence-corrected chi connectivity index (χ4v) is 2.55. The number of halogens is 1. The summed E-state index contributed by atoms with van der Waals surface area (Å²) in [4.78, 5) is 0. The molecule has 0 bridgehead atoms. The summed E-state index contributed by atoms with van der Waals surface area (Å²) in [6.07, 6.45) is 3.69. The van der Waals surface area contributed by atoms with Gasteiger partial charge in [0.1, 0.15) is 11.6 Å². The number of hydrogen-bond donors (Lipinski definition) is 1. The molecule has 3 rings (SSSR count). The van der Waals surface area contributed by atoms with Gasteiger partial charge in [-0.1, -0.05) is 30.7 Å². The molecule has 0 amide bonds. The first-order chi connectivity index (χ1) is 8.75. The number of hydrogen-bond acceptors (Lipinski definition) is 1. The lowest BCUT2D eigenvalue weighted by Gasteiger charge is -2.28. The molecule has 0 spiro atoms. The van der Waals surface area contributed by atoms with Crippen molar-refractivity contribution in [3.8, 4) is 16.9 Å². The summed E-state index contributed by atoms with van der Waals surface area (Å²) in [5.41, 5.74) is 3.02. The minimum absolute atomic E-state index is 0.0155. The maximum Gasteiger partial charge on any atom is 0.126 e. The first kappa shape index (κ1) is 11.3. The van der Waals surface area contributed by atoms with Crippen molar-refractivity contribution in [1.82, 2.24) is 0 Å². The third-order valence-electron chi connectivity index (χ3n) is 3.76. The quantitative estimate of drug-likeness (QED) is 0.824. The van der Waals surface area contributed by atoms with Gasteiger partial charge in [-0.05, 0) is 42.0 Å². The SMILES string of the molecule is Oc1cc(F)ccc1-c1ccccc1C1CCC1. The summed E-state index contributed by atoms with van der Waals surface area (Å²) in [6.45, 7) is 0. The van der Waals surface area contributed by atoms with Gasteiger partial charge in [0.15, 0.2) is 0 Å². The van der Waals surface area contributed by atoms with Gasteiger partial charge in [0.25, 0.3) is 0 Å². The van der Waals surface area contributed by atoms with Crippen molar-refractivity contribution >= 4 is 0 Å². The van der Waals surface area contributed by atoms with E-state index in [-0.39, 0.29) is 5.75 Å². The van der Waals surface area contributed by atoms with Gasteiger partial charge in [-0.3, -0.25) is 0 Å². The summed E-state index contributed by atoms with van der Waals surface area (Å²) < 4.78 is 13.0. The Kier molecular flexibility index (Phi) is 2.78. The van der Waals surface area contributed by atoms with E-state index in [2.05, 4.69) is 6.07 Å². The van der Waals surface area contributed by atoms with Crippen LogP contribution < -0.4 is 0 Å². The molecule has 1 nitrogen and oxygen atoms in total. The molecule has 0 aromatic heterocycles. The topological polar surface area (TPSA) is 20.2 Å². The molecule has 1 aliphatic carbocycles. The molecule has 1 aliphatic rings. The highest BCUT2D eigenvalue weighted by Crippen LogP contribution is 2.42. The van der Waals surface area contributed by atoms with Crippen molar-refractivity contribution in [3.05, 3.63) is 53.8 Å². The molecule has 18 heavy (non-hydrogen) atoms. The second-order valence-corrected chi connectivity index (χ2v) is 4.88. The van der Waals surface area contributed by atoms with Crippen LogP contribution in [-0.4, -0.2) is 5.11 Å². The second kappa shape index (κ2) is 4.45. The lowest BCUT2D eigenvalue weighted by atomic mass is 9.77. The van der Waals surface area contributed by atoms with E-state index >= 15 is 0 Å². The van der Waals surface area contributed by atoms with Crippen LogP contribution in [0.2, 0.25) is 0 Å². The predicted molar refractivity (Wildman–Crippen MR) is 70.1 cm³/mol. The van der Waals surface area contributed by atoms with Gasteiger partial charge in [0, 0.05) is 11.6 Å². The molecule has 1 saturated carbocycles. The van der Waals surface area contributed by atoms with Crippen molar-refractivity contribution in [2.24, 2.45) is 0 Å². The average Bonchev–Trinajstić information content (AvgIpc) is 2.28. The molecule has 92 valence electrons. The zero-order chi connectivity index (χ0) is 12.5. The summed E-state index contributed by atoms with van der Waals surface area (Å²) in [7, 11) is 0. The van der Waals surface area contributed by atoms with Gasteiger partial charge in [0.2, 0.25) is 0 Å². The van der Waals surface area contributed by atoms with E-state index in [9.17, 15) is 9.50 Å². The lowest BCUT2D eigenvalue weighted by molar-refractivity contribution is 0.420. The first-order valence-corrected chi connectivity index (χ1v) is 6.33. The maximum absolute atomic E-state index is 13.0. The van der Waals surface area contributed by atoms with Gasteiger partial charge >= 0.3 is 0 Å². The molecule has 2 heteroatoms. The standard InChI is InChI=1S/C16H15FO/c17-12-8-9-15(16(18)10-12)14-7-2-1-6-13(14)11-4-3-5-11/h1-2,6-11,18H,3-5H2. The number of aromatic hydroxyl groups is 1. The Bertz CT molecular complexity index is 573. The average molecular weight is 242 g/mol. The fraction of sp³-hybridized carbons (Fsp3) is 0.250. The minimum atomic E-state index is -0.405. The van der Waals surface area contributed by atoms with Crippen LogP contribution in [-0.2, 0) is 0 Å². The van der Waals surface area contributed by atoms with E-state index in [1.807, 2.05) is 18.2 Å². The first-order valence-electron chi connectivity index (χ1n) is 6.33. The Morgan fingerprint density at radius 1 is 1.00 bits per heavy atom. The zero-order valence-corrected chi connectivity index (χ0v) is 10.1. The molecule has 1 fully saturated rings. The molecule has 0 aliphatic heterocycles. The van der Waals surface area contributed by atoms with E-state index in [0.717, 1.165) is 11.1 Å². The lowest BCUT2D eigenvalue weighted by Crippen LogP contribution is -2.09. The number of phenols is 1. The van der Waals surface area contributed by atoms with E-state index in [0.29, 0.717) is 5.92 Å². The second-order valence-electron chi connectivity index (χ2n) is 4.88. The molecular formula is C16H15FO.